The Hall–Kier alpha value is -1.02. The van der Waals surface area contributed by atoms with Crippen LogP contribution in [0.15, 0.2) is 24.3 Å². The second kappa shape index (κ2) is 4.78. The van der Waals surface area contributed by atoms with E-state index in [2.05, 4.69) is 18.3 Å². The minimum atomic E-state index is 0.249. The van der Waals surface area contributed by atoms with Gasteiger partial charge in [-0.1, -0.05) is 18.2 Å². The minimum Gasteiger partial charge on any atom is -0.396 e. The third kappa shape index (κ3) is 2.55. The van der Waals surface area contributed by atoms with Crippen LogP contribution in [0.25, 0.3) is 0 Å². The van der Waals surface area contributed by atoms with Gasteiger partial charge in [0.15, 0.2) is 0 Å². The molecule has 0 fully saturated rings. The van der Waals surface area contributed by atoms with Gasteiger partial charge in [0, 0.05) is 18.8 Å². The molecule has 2 nitrogen and oxygen atoms in total. The van der Waals surface area contributed by atoms with Crippen molar-refractivity contribution in [2.24, 2.45) is 0 Å². The van der Waals surface area contributed by atoms with E-state index in [9.17, 15) is 0 Å². The summed E-state index contributed by atoms with van der Waals surface area (Å²) in [6.45, 7) is 3.15. The van der Waals surface area contributed by atoms with Gasteiger partial charge >= 0.3 is 0 Å². The number of benzene rings is 1. The lowest BCUT2D eigenvalue weighted by Crippen LogP contribution is -2.04. The van der Waals surface area contributed by atoms with Crippen LogP contribution in [0.2, 0.25) is 0 Å². The van der Waals surface area contributed by atoms with E-state index in [4.69, 9.17) is 5.11 Å². The van der Waals surface area contributed by atoms with Gasteiger partial charge in [-0.3, -0.25) is 0 Å². The topological polar surface area (TPSA) is 32.3 Å². The van der Waals surface area contributed by atoms with Crippen LogP contribution in [-0.2, 0) is 0 Å². The molecule has 0 spiro atoms. The molecule has 66 valence electrons. The van der Waals surface area contributed by atoms with Crippen molar-refractivity contribution < 1.29 is 5.11 Å². The number of nitrogens with one attached hydrogen (secondary N) is 1. The number of aliphatic hydroxyl groups excluding tert-OH is 1. The zero-order valence-corrected chi connectivity index (χ0v) is 7.38. The standard InChI is InChI=1S/C10H15NO/c1-9-5-2-3-6-10(9)11-7-4-8-12/h2-3,5-6,11-12H,4,7-8H2,1H3. The molecule has 1 aromatic carbocycles. The molecule has 1 rings (SSSR count). The second-order valence-corrected chi connectivity index (χ2v) is 2.82. The third-order valence-corrected chi connectivity index (χ3v) is 1.80. The maximum Gasteiger partial charge on any atom is 0.0447 e. The second-order valence-electron chi connectivity index (χ2n) is 2.82. The van der Waals surface area contributed by atoms with E-state index >= 15 is 0 Å². The number of hydrogen-bond acceptors (Lipinski definition) is 2. The van der Waals surface area contributed by atoms with Crippen LogP contribution in [0.5, 0.6) is 0 Å². The average molecular weight is 165 g/mol. The molecule has 0 heterocycles. The summed E-state index contributed by atoms with van der Waals surface area (Å²) in [5.41, 5.74) is 2.40. The average Bonchev–Trinajstić information content (AvgIpc) is 2.09. The summed E-state index contributed by atoms with van der Waals surface area (Å²) < 4.78 is 0. The fourth-order valence-corrected chi connectivity index (χ4v) is 1.07. The molecule has 0 saturated carbocycles. The van der Waals surface area contributed by atoms with E-state index in [0.29, 0.717) is 0 Å². The number of anilines is 1. The summed E-state index contributed by atoms with van der Waals surface area (Å²) in [6.07, 6.45) is 0.800. The SMILES string of the molecule is Cc1ccccc1NCCCO. The minimum absolute atomic E-state index is 0.249. The molecule has 0 atom stereocenters. The first-order valence-electron chi connectivity index (χ1n) is 4.25. The highest BCUT2D eigenvalue weighted by atomic mass is 16.3. The lowest BCUT2D eigenvalue weighted by molar-refractivity contribution is 0.292. The maximum absolute atomic E-state index is 8.57. The molecule has 0 aliphatic carbocycles. The molecule has 1 aromatic rings. The molecule has 2 N–H and O–H groups in total. The number of hydrogen-bond donors (Lipinski definition) is 2. The van der Waals surface area contributed by atoms with Gasteiger partial charge in [-0.05, 0) is 25.0 Å². The lowest BCUT2D eigenvalue weighted by atomic mass is 10.2. The highest BCUT2D eigenvalue weighted by Gasteiger charge is 1.93. The maximum atomic E-state index is 8.57. The van der Waals surface area contributed by atoms with Gasteiger partial charge in [0.05, 0.1) is 0 Å². The van der Waals surface area contributed by atoms with E-state index in [1.165, 1.54) is 5.56 Å². The molecule has 0 unspecified atom stereocenters. The zero-order valence-electron chi connectivity index (χ0n) is 7.38. The third-order valence-electron chi connectivity index (χ3n) is 1.80. The monoisotopic (exact) mass is 165 g/mol. The number of aliphatic hydroxyl groups is 1. The van der Waals surface area contributed by atoms with Gasteiger partial charge in [-0.25, -0.2) is 0 Å². The summed E-state index contributed by atoms with van der Waals surface area (Å²) in [7, 11) is 0. The van der Waals surface area contributed by atoms with Crippen LogP contribution in [0.1, 0.15) is 12.0 Å². The largest absolute Gasteiger partial charge is 0.396 e. The Kier molecular flexibility index (Phi) is 3.61. The van der Waals surface area contributed by atoms with Gasteiger partial charge < -0.3 is 10.4 Å². The quantitative estimate of drug-likeness (QED) is 0.667. The Balaban J connectivity index is 2.46. The molecule has 0 radical (unpaired) electrons. The summed E-state index contributed by atoms with van der Waals surface area (Å²) in [5.74, 6) is 0. The molecule has 0 saturated heterocycles. The molecule has 0 aliphatic heterocycles. The van der Waals surface area contributed by atoms with Crippen molar-refractivity contribution in [1.29, 1.82) is 0 Å². The van der Waals surface area contributed by atoms with Crippen molar-refractivity contribution >= 4 is 5.69 Å². The van der Waals surface area contributed by atoms with Crippen LogP contribution in [0.4, 0.5) is 5.69 Å². The number of para-hydroxylation sites is 1. The summed E-state index contributed by atoms with van der Waals surface area (Å²) in [4.78, 5) is 0. The molecule has 0 aromatic heterocycles. The van der Waals surface area contributed by atoms with Gasteiger partial charge in [-0.15, -0.1) is 0 Å². The Labute approximate surface area is 73.2 Å². The highest BCUT2D eigenvalue weighted by molar-refractivity contribution is 5.49. The first-order valence-corrected chi connectivity index (χ1v) is 4.25. The predicted molar refractivity (Wildman–Crippen MR) is 51.4 cm³/mol. The van der Waals surface area contributed by atoms with Crippen molar-refractivity contribution in [2.45, 2.75) is 13.3 Å². The van der Waals surface area contributed by atoms with Gasteiger partial charge in [0.1, 0.15) is 0 Å². The Bertz CT molecular complexity index is 235. The van der Waals surface area contributed by atoms with Crippen LogP contribution in [-0.4, -0.2) is 18.3 Å². The normalized spacial score (nSPS) is 9.83. The molecular weight excluding hydrogens is 150 g/mol. The van der Waals surface area contributed by atoms with E-state index in [-0.39, 0.29) is 6.61 Å². The van der Waals surface area contributed by atoms with Crippen molar-refractivity contribution in [3.8, 4) is 0 Å². The molecule has 0 amide bonds. The van der Waals surface area contributed by atoms with E-state index < -0.39 is 0 Å². The zero-order chi connectivity index (χ0) is 8.81. The molecule has 0 bridgehead atoms. The fraction of sp³-hybridized carbons (Fsp3) is 0.400. The van der Waals surface area contributed by atoms with E-state index in [1.54, 1.807) is 0 Å². The Morgan fingerprint density at radius 3 is 2.75 bits per heavy atom. The van der Waals surface area contributed by atoms with Gasteiger partial charge in [0.2, 0.25) is 0 Å². The number of rotatable bonds is 4. The van der Waals surface area contributed by atoms with Gasteiger partial charge in [0.25, 0.3) is 0 Å². The van der Waals surface area contributed by atoms with Crippen molar-refractivity contribution in [1.82, 2.24) is 0 Å². The predicted octanol–water partition coefficient (Wildman–Crippen LogP) is 1.79. The molecule has 2 heteroatoms. The van der Waals surface area contributed by atoms with Crippen LogP contribution in [0.3, 0.4) is 0 Å². The van der Waals surface area contributed by atoms with Crippen LogP contribution >= 0.6 is 0 Å². The first-order chi connectivity index (χ1) is 5.84. The molecular formula is C10H15NO. The van der Waals surface area contributed by atoms with Crippen LogP contribution < -0.4 is 5.32 Å². The fourth-order valence-electron chi connectivity index (χ4n) is 1.07. The Morgan fingerprint density at radius 2 is 2.08 bits per heavy atom. The van der Waals surface area contributed by atoms with E-state index in [1.807, 2.05) is 18.2 Å². The summed E-state index contributed by atoms with van der Waals surface area (Å²) in [5, 5.41) is 11.8. The molecule has 12 heavy (non-hydrogen) atoms. The first kappa shape index (κ1) is 9.07. The highest BCUT2D eigenvalue weighted by Crippen LogP contribution is 2.12. The van der Waals surface area contributed by atoms with Crippen molar-refractivity contribution in [3.63, 3.8) is 0 Å². The van der Waals surface area contributed by atoms with E-state index in [0.717, 1.165) is 18.7 Å². The van der Waals surface area contributed by atoms with Crippen molar-refractivity contribution in [2.75, 3.05) is 18.5 Å². The smallest absolute Gasteiger partial charge is 0.0447 e. The summed E-state index contributed by atoms with van der Waals surface area (Å²) in [6, 6.07) is 8.15. The van der Waals surface area contributed by atoms with Gasteiger partial charge in [-0.2, -0.15) is 0 Å². The lowest BCUT2D eigenvalue weighted by Gasteiger charge is -2.07. The van der Waals surface area contributed by atoms with Crippen molar-refractivity contribution in [3.05, 3.63) is 29.8 Å². The summed E-state index contributed by atoms with van der Waals surface area (Å²) >= 11 is 0. The number of aryl methyl sites for hydroxylation is 1. The van der Waals surface area contributed by atoms with Crippen LogP contribution in [0, 0.1) is 6.92 Å². The molecule has 0 aliphatic rings. The Morgan fingerprint density at radius 1 is 1.33 bits per heavy atom.